The second-order valence-corrected chi connectivity index (χ2v) is 5.76. The van der Waals surface area contributed by atoms with Crippen molar-refractivity contribution in [3.05, 3.63) is 23.3 Å². The molecule has 0 saturated carbocycles. The third-order valence-corrected chi connectivity index (χ3v) is 3.79. The molecule has 22 heavy (non-hydrogen) atoms. The minimum Gasteiger partial charge on any atom is -0.493 e. The summed E-state index contributed by atoms with van der Waals surface area (Å²) in [6.07, 6.45) is 1.60. The van der Waals surface area contributed by atoms with Crippen LogP contribution in [0.5, 0.6) is 5.75 Å². The molecular formula is C18H29NO3. The number of carbonyl (C=O) groups is 1. The number of rotatable bonds is 8. The molecule has 0 radical (unpaired) electrons. The van der Waals surface area contributed by atoms with Crippen LogP contribution in [0.15, 0.2) is 12.1 Å². The van der Waals surface area contributed by atoms with Crippen molar-refractivity contribution in [3.8, 4) is 5.75 Å². The Morgan fingerprint density at radius 1 is 1.18 bits per heavy atom. The summed E-state index contributed by atoms with van der Waals surface area (Å²) < 4.78 is 11.4. The summed E-state index contributed by atoms with van der Waals surface area (Å²) >= 11 is 0. The van der Waals surface area contributed by atoms with Gasteiger partial charge in [0.05, 0.1) is 6.61 Å². The SMILES string of the molecule is CCCOc1c(C)cc(NC(=O)C(C)(CC)OCC)cc1C. The highest BCUT2D eigenvalue weighted by molar-refractivity contribution is 5.97. The van der Waals surface area contributed by atoms with Gasteiger partial charge in [-0.2, -0.15) is 0 Å². The molecule has 0 aliphatic carbocycles. The second kappa shape index (κ2) is 8.18. The van der Waals surface area contributed by atoms with Gasteiger partial charge < -0.3 is 14.8 Å². The van der Waals surface area contributed by atoms with Crippen LogP contribution in [0.1, 0.15) is 51.7 Å². The summed E-state index contributed by atoms with van der Waals surface area (Å²) in [6.45, 7) is 13.0. The number of benzene rings is 1. The van der Waals surface area contributed by atoms with Crippen molar-refractivity contribution >= 4 is 11.6 Å². The van der Waals surface area contributed by atoms with Gasteiger partial charge in [0.15, 0.2) is 0 Å². The quantitative estimate of drug-likeness (QED) is 0.781. The van der Waals surface area contributed by atoms with Gasteiger partial charge >= 0.3 is 0 Å². The number of hydrogen-bond acceptors (Lipinski definition) is 3. The third kappa shape index (κ3) is 4.47. The highest BCUT2D eigenvalue weighted by Gasteiger charge is 2.32. The second-order valence-electron chi connectivity index (χ2n) is 5.76. The Morgan fingerprint density at radius 2 is 1.77 bits per heavy atom. The molecule has 4 nitrogen and oxygen atoms in total. The Hall–Kier alpha value is -1.55. The number of hydrogen-bond donors (Lipinski definition) is 1. The number of anilines is 1. The topological polar surface area (TPSA) is 47.6 Å². The van der Waals surface area contributed by atoms with Crippen molar-refractivity contribution in [2.75, 3.05) is 18.5 Å². The van der Waals surface area contributed by atoms with E-state index in [1.54, 1.807) is 0 Å². The van der Waals surface area contributed by atoms with E-state index in [4.69, 9.17) is 9.47 Å². The average molecular weight is 307 g/mol. The van der Waals surface area contributed by atoms with E-state index < -0.39 is 5.60 Å². The fourth-order valence-electron chi connectivity index (χ4n) is 2.36. The van der Waals surface area contributed by atoms with E-state index in [0.717, 1.165) is 29.0 Å². The molecular weight excluding hydrogens is 278 g/mol. The van der Waals surface area contributed by atoms with Crippen LogP contribution >= 0.6 is 0 Å². The maximum Gasteiger partial charge on any atom is 0.256 e. The predicted molar refractivity (Wildman–Crippen MR) is 90.7 cm³/mol. The molecule has 0 spiro atoms. The molecule has 1 N–H and O–H groups in total. The normalized spacial score (nSPS) is 13.5. The fourth-order valence-corrected chi connectivity index (χ4v) is 2.36. The molecule has 1 atom stereocenters. The summed E-state index contributed by atoms with van der Waals surface area (Å²) in [4.78, 5) is 12.5. The van der Waals surface area contributed by atoms with Crippen molar-refractivity contribution in [2.24, 2.45) is 0 Å². The minimum atomic E-state index is -0.798. The smallest absolute Gasteiger partial charge is 0.256 e. The number of carbonyl (C=O) groups excluding carboxylic acids is 1. The van der Waals surface area contributed by atoms with Crippen molar-refractivity contribution in [1.82, 2.24) is 0 Å². The zero-order chi connectivity index (χ0) is 16.8. The molecule has 0 fully saturated rings. The van der Waals surface area contributed by atoms with Crippen LogP contribution in [0.25, 0.3) is 0 Å². The van der Waals surface area contributed by atoms with Crippen molar-refractivity contribution in [1.29, 1.82) is 0 Å². The summed E-state index contributed by atoms with van der Waals surface area (Å²) in [5, 5.41) is 2.96. The van der Waals surface area contributed by atoms with Gasteiger partial charge in [-0.3, -0.25) is 4.79 Å². The van der Waals surface area contributed by atoms with Gasteiger partial charge in [-0.1, -0.05) is 13.8 Å². The first-order valence-electron chi connectivity index (χ1n) is 8.07. The van der Waals surface area contributed by atoms with E-state index in [1.165, 1.54) is 0 Å². The Labute approximate surface area is 134 Å². The van der Waals surface area contributed by atoms with E-state index in [-0.39, 0.29) is 5.91 Å². The molecule has 0 aliphatic rings. The van der Waals surface area contributed by atoms with Crippen LogP contribution in [-0.4, -0.2) is 24.7 Å². The molecule has 1 aromatic rings. The maximum atomic E-state index is 12.5. The molecule has 4 heteroatoms. The largest absolute Gasteiger partial charge is 0.493 e. The Balaban J connectivity index is 2.92. The lowest BCUT2D eigenvalue weighted by molar-refractivity contribution is -0.139. The van der Waals surface area contributed by atoms with Crippen LogP contribution < -0.4 is 10.1 Å². The number of ether oxygens (including phenoxy) is 2. The van der Waals surface area contributed by atoms with Gasteiger partial charge in [-0.05, 0) is 63.8 Å². The standard InChI is InChI=1S/C18H29NO3/c1-7-10-21-16-13(4)11-15(12-14(16)5)19-17(20)18(6,8-2)22-9-3/h11-12H,7-10H2,1-6H3,(H,19,20). The van der Waals surface area contributed by atoms with Crippen molar-refractivity contribution in [3.63, 3.8) is 0 Å². The summed E-state index contributed by atoms with van der Waals surface area (Å²) in [6, 6.07) is 3.88. The number of nitrogens with one attached hydrogen (secondary N) is 1. The molecule has 1 unspecified atom stereocenters. The van der Waals surface area contributed by atoms with E-state index in [9.17, 15) is 4.79 Å². The van der Waals surface area contributed by atoms with Gasteiger partial charge in [0.25, 0.3) is 5.91 Å². The molecule has 1 aromatic carbocycles. The monoisotopic (exact) mass is 307 g/mol. The van der Waals surface area contributed by atoms with E-state index in [0.29, 0.717) is 19.6 Å². The number of amides is 1. The highest BCUT2D eigenvalue weighted by Crippen LogP contribution is 2.28. The first-order valence-corrected chi connectivity index (χ1v) is 8.07. The van der Waals surface area contributed by atoms with Crippen molar-refractivity contribution in [2.45, 2.75) is 60.0 Å². The zero-order valence-electron chi connectivity index (χ0n) is 14.7. The third-order valence-electron chi connectivity index (χ3n) is 3.79. The number of aryl methyl sites for hydroxylation is 2. The van der Waals surface area contributed by atoms with Gasteiger partial charge in [0, 0.05) is 12.3 Å². The highest BCUT2D eigenvalue weighted by atomic mass is 16.5. The van der Waals surface area contributed by atoms with Gasteiger partial charge in [0.2, 0.25) is 0 Å². The van der Waals surface area contributed by atoms with Crippen molar-refractivity contribution < 1.29 is 14.3 Å². The lowest BCUT2D eigenvalue weighted by atomic mass is 10.0. The maximum absolute atomic E-state index is 12.5. The lowest BCUT2D eigenvalue weighted by Gasteiger charge is -2.27. The minimum absolute atomic E-state index is 0.113. The van der Waals surface area contributed by atoms with Crippen LogP contribution in [-0.2, 0) is 9.53 Å². The molecule has 1 rings (SSSR count). The Morgan fingerprint density at radius 3 is 2.23 bits per heavy atom. The summed E-state index contributed by atoms with van der Waals surface area (Å²) in [5.74, 6) is 0.792. The van der Waals surface area contributed by atoms with Gasteiger partial charge in [-0.25, -0.2) is 0 Å². The predicted octanol–water partition coefficient (Wildman–Crippen LogP) is 4.24. The fraction of sp³-hybridized carbons (Fsp3) is 0.611. The van der Waals surface area contributed by atoms with Gasteiger partial charge in [0.1, 0.15) is 11.4 Å². The summed E-state index contributed by atoms with van der Waals surface area (Å²) in [5.41, 5.74) is 2.04. The van der Waals surface area contributed by atoms with E-state index in [2.05, 4.69) is 12.2 Å². The lowest BCUT2D eigenvalue weighted by Crippen LogP contribution is -2.42. The van der Waals surface area contributed by atoms with Gasteiger partial charge in [-0.15, -0.1) is 0 Å². The molecule has 0 heterocycles. The average Bonchev–Trinajstić information content (AvgIpc) is 2.46. The molecule has 0 bridgehead atoms. The summed E-state index contributed by atoms with van der Waals surface area (Å²) in [7, 11) is 0. The van der Waals surface area contributed by atoms with E-state index in [1.807, 2.05) is 46.8 Å². The van der Waals surface area contributed by atoms with Crippen LogP contribution in [0.2, 0.25) is 0 Å². The molecule has 0 aromatic heterocycles. The molecule has 124 valence electrons. The first kappa shape index (κ1) is 18.5. The Kier molecular flexibility index (Phi) is 6.88. The molecule has 1 amide bonds. The van der Waals surface area contributed by atoms with Crippen LogP contribution in [0, 0.1) is 13.8 Å². The molecule has 0 saturated heterocycles. The van der Waals surface area contributed by atoms with E-state index >= 15 is 0 Å². The van der Waals surface area contributed by atoms with Crippen LogP contribution in [0.4, 0.5) is 5.69 Å². The first-order chi connectivity index (χ1) is 10.4. The zero-order valence-corrected chi connectivity index (χ0v) is 14.7. The van der Waals surface area contributed by atoms with Crippen LogP contribution in [0.3, 0.4) is 0 Å². The molecule has 0 aliphatic heterocycles. The Bertz CT molecular complexity index is 490.